The summed E-state index contributed by atoms with van der Waals surface area (Å²) in [6, 6.07) is 6.14. The van der Waals surface area contributed by atoms with Gasteiger partial charge in [-0.25, -0.2) is 4.39 Å². The molecule has 2 atom stereocenters. The standard InChI is InChI=1S/C22H19F3N4O3/c23-14-8-15(10-26-9-14)31-18-4-2-1-3-17(18)29-11-13-6-5-12(7-16(13)22(29)30)20-27-28-21(32-20)19(24)25/h5-10,17-19H,1-4,11H2. The highest BCUT2D eigenvalue weighted by Crippen LogP contribution is 2.35. The van der Waals surface area contributed by atoms with Crippen molar-refractivity contribution in [1.82, 2.24) is 20.1 Å². The maximum Gasteiger partial charge on any atom is 0.314 e. The van der Waals surface area contributed by atoms with Crippen molar-refractivity contribution in [3.63, 3.8) is 0 Å². The predicted octanol–water partition coefficient (Wildman–Crippen LogP) is 4.55. The van der Waals surface area contributed by atoms with Gasteiger partial charge in [0.15, 0.2) is 0 Å². The van der Waals surface area contributed by atoms with Crippen LogP contribution in [0.3, 0.4) is 0 Å². The molecule has 3 heterocycles. The van der Waals surface area contributed by atoms with Gasteiger partial charge in [0.05, 0.1) is 18.4 Å². The SMILES string of the molecule is O=C1c2cc(-c3nnc(C(F)F)o3)ccc2CN1C1CCCCC1Oc1cncc(F)c1. The first-order valence-corrected chi connectivity index (χ1v) is 10.3. The molecule has 3 aromatic rings. The minimum Gasteiger partial charge on any atom is -0.487 e. The van der Waals surface area contributed by atoms with Crippen LogP contribution >= 0.6 is 0 Å². The molecule has 1 fully saturated rings. The van der Waals surface area contributed by atoms with E-state index in [0.29, 0.717) is 23.4 Å². The lowest BCUT2D eigenvalue weighted by atomic mass is 9.91. The number of hydrogen-bond donors (Lipinski definition) is 0. The number of fused-ring (bicyclic) bond motifs is 1. The van der Waals surface area contributed by atoms with Gasteiger partial charge >= 0.3 is 6.43 Å². The molecule has 1 aliphatic heterocycles. The van der Waals surface area contributed by atoms with Crippen LogP contribution in [0.5, 0.6) is 5.75 Å². The van der Waals surface area contributed by atoms with Crippen LogP contribution < -0.4 is 4.74 Å². The Bertz CT molecular complexity index is 1150. The molecule has 1 saturated carbocycles. The van der Waals surface area contributed by atoms with Crippen LogP contribution in [0.25, 0.3) is 11.5 Å². The molecule has 2 aromatic heterocycles. The second-order valence-electron chi connectivity index (χ2n) is 7.90. The van der Waals surface area contributed by atoms with E-state index in [4.69, 9.17) is 9.15 Å². The molecular weight excluding hydrogens is 425 g/mol. The van der Waals surface area contributed by atoms with E-state index >= 15 is 0 Å². The lowest BCUT2D eigenvalue weighted by Gasteiger charge is -2.37. The first-order valence-electron chi connectivity index (χ1n) is 10.3. The second-order valence-corrected chi connectivity index (χ2v) is 7.90. The van der Waals surface area contributed by atoms with Gasteiger partial charge in [0.25, 0.3) is 11.8 Å². The quantitative estimate of drug-likeness (QED) is 0.574. The molecule has 1 amide bonds. The fraction of sp³-hybridized carbons (Fsp3) is 0.364. The molecule has 0 N–H and O–H groups in total. The molecule has 5 rings (SSSR count). The van der Waals surface area contributed by atoms with Gasteiger partial charge < -0.3 is 14.1 Å². The zero-order valence-corrected chi connectivity index (χ0v) is 16.9. The van der Waals surface area contributed by atoms with Crippen molar-refractivity contribution in [2.24, 2.45) is 0 Å². The Kier molecular flexibility index (Phi) is 5.28. The van der Waals surface area contributed by atoms with Gasteiger partial charge in [0.1, 0.15) is 17.7 Å². The first-order chi connectivity index (χ1) is 15.5. The van der Waals surface area contributed by atoms with E-state index in [9.17, 15) is 18.0 Å². The third kappa shape index (κ3) is 3.80. The molecule has 0 bridgehead atoms. The van der Waals surface area contributed by atoms with Crippen LogP contribution in [0.1, 0.15) is 53.9 Å². The number of pyridine rings is 1. The van der Waals surface area contributed by atoms with E-state index in [0.717, 1.165) is 37.4 Å². The Morgan fingerprint density at radius 3 is 2.75 bits per heavy atom. The summed E-state index contributed by atoms with van der Waals surface area (Å²) in [6.45, 7) is 0.409. The van der Waals surface area contributed by atoms with Crippen LogP contribution in [0.2, 0.25) is 0 Å². The van der Waals surface area contributed by atoms with Crippen molar-refractivity contribution in [1.29, 1.82) is 0 Å². The van der Waals surface area contributed by atoms with Gasteiger partial charge in [-0.2, -0.15) is 8.78 Å². The smallest absolute Gasteiger partial charge is 0.314 e. The van der Waals surface area contributed by atoms with Crippen molar-refractivity contribution < 1.29 is 27.1 Å². The Hall–Kier alpha value is -3.43. The van der Waals surface area contributed by atoms with E-state index in [1.165, 1.54) is 12.3 Å². The molecule has 1 aromatic carbocycles. The van der Waals surface area contributed by atoms with E-state index in [1.807, 2.05) is 0 Å². The minimum atomic E-state index is -2.86. The number of alkyl halides is 2. The summed E-state index contributed by atoms with van der Waals surface area (Å²) in [7, 11) is 0. The third-order valence-corrected chi connectivity index (χ3v) is 5.85. The van der Waals surface area contributed by atoms with E-state index in [2.05, 4.69) is 15.2 Å². The molecule has 0 spiro atoms. The zero-order valence-electron chi connectivity index (χ0n) is 16.9. The molecule has 1 aliphatic carbocycles. The first kappa shape index (κ1) is 20.5. The summed E-state index contributed by atoms with van der Waals surface area (Å²) in [5, 5.41) is 6.99. The third-order valence-electron chi connectivity index (χ3n) is 5.85. The molecular formula is C22H19F3N4O3. The largest absolute Gasteiger partial charge is 0.487 e. The summed E-state index contributed by atoms with van der Waals surface area (Å²) in [4.78, 5) is 18.8. The fourth-order valence-corrected chi connectivity index (χ4v) is 4.37. The van der Waals surface area contributed by atoms with E-state index in [1.54, 1.807) is 23.1 Å². The summed E-state index contributed by atoms with van der Waals surface area (Å²) in [5.41, 5.74) is 1.70. The number of ether oxygens (including phenoxy) is 1. The Balaban J connectivity index is 1.38. The number of rotatable bonds is 5. The van der Waals surface area contributed by atoms with Crippen LogP contribution in [0.4, 0.5) is 13.2 Å². The number of aromatic nitrogens is 3. The number of halogens is 3. The average Bonchev–Trinajstić information content (AvgIpc) is 3.40. The van der Waals surface area contributed by atoms with Crippen LogP contribution in [-0.4, -0.2) is 38.1 Å². The minimum absolute atomic E-state index is 0.0631. The Labute approximate surface area is 181 Å². The van der Waals surface area contributed by atoms with E-state index in [-0.39, 0.29) is 23.9 Å². The van der Waals surface area contributed by atoms with Crippen LogP contribution in [0.15, 0.2) is 41.1 Å². The van der Waals surface area contributed by atoms with Crippen molar-refractivity contribution >= 4 is 5.91 Å². The van der Waals surface area contributed by atoms with Crippen LogP contribution in [-0.2, 0) is 6.54 Å². The molecule has 0 saturated heterocycles. The van der Waals surface area contributed by atoms with Crippen LogP contribution in [0, 0.1) is 5.82 Å². The molecule has 7 nitrogen and oxygen atoms in total. The van der Waals surface area contributed by atoms with Crippen molar-refractivity contribution in [2.45, 2.75) is 50.8 Å². The Morgan fingerprint density at radius 1 is 1.12 bits per heavy atom. The highest BCUT2D eigenvalue weighted by atomic mass is 19.3. The molecule has 2 aliphatic rings. The normalized spacial score (nSPS) is 20.6. The molecule has 32 heavy (non-hydrogen) atoms. The van der Waals surface area contributed by atoms with Crippen molar-refractivity contribution in [2.75, 3.05) is 0 Å². The van der Waals surface area contributed by atoms with Gasteiger partial charge in [-0.1, -0.05) is 12.5 Å². The van der Waals surface area contributed by atoms with E-state index < -0.39 is 18.1 Å². The maximum absolute atomic E-state index is 13.5. The summed E-state index contributed by atoms with van der Waals surface area (Å²) in [5.74, 6) is -1.15. The lowest BCUT2D eigenvalue weighted by molar-refractivity contribution is 0.0296. The lowest BCUT2D eigenvalue weighted by Crippen LogP contribution is -2.48. The summed E-state index contributed by atoms with van der Waals surface area (Å²) in [6.07, 6.45) is 2.83. The number of hydrogen-bond acceptors (Lipinski definition) is 6. The molecule has 10 heteroatoms. The summed E-state index contributed by atoms with van der Waals surface area (Å²) >= 11 is 0. The Morgan fingerprint density at radius 2 is 1.97 bits per heavy atom. The zero-order chi connectivity index (χ0) is 22.2. The average molecular weight is 444 g/mol. The highest BCUT2D eigenvalue weighted by Gasteiger charge is 2.39. The maximum atomic E-state index is 13.5. The van der Waals surface area contributed by atoms with Crippen molar-refractivity contribution in [3.05, 3.63) is 59.5 Å². The second kappa shape index (κ2) is 8.25. The van der Waals surface area contributed by atoms with Gasteiger partial charge in [0, 0.05) is 23.7 Å². The molecule has 166 valence electrons. The molecule has 2 unspecified atom stereocenters. The number of benzene rings is 1. The number of amides is 1. The summed E-state index contributed by atoms with van der Waals surface area (Å²) < 4.78 is 50.1. The van der Waals surface area contributed by atoms with Gasteiger partial charge in [0.2, 0.25) is 5.89 Å². The predicted molar refractivity (Wildman–Crippen MR) is 105 cm³/mol. The van der Waals surface area contributed by atoms with Gasteiger partial charge in [-0.3, -0.25) is 9.78 Å². The number of carbonyl (C=O) groups is 1. The monoisotopic (exact) mass is 444 g/mol. The highest BCUT2D eigenvalue weighted by molar-refractivity contribution is 5.99. The van der Waals surface area contributed by atoms with Crippen molar-refractivity contribution in [3.8, 4) is 17.2 Å². The fourth-order valence-electron chi connectivity index (χ4n) is 4.37. The topological polar surface area (TPSA) is 81.4 Å². The number of carbonyl (C=O) groups excluding carboxylic acids is 1. The van der Waals surface area contributed by atoms with Gasteiger partial charge in [-0.05, 0) is 37.0 Å². The number of nitrogens with zero attached hydrogens (tertiary/aromatic N) is 4. The molecule has 0 radical (unpaired) electrons. The van der Waals surface area contributed by atoms with Gasteiger partial charge in [-0.15, -0.1) is 10.2 Å².